The quantitative estimate of drug-likeness (QED) is 0.399. The van der Waals surface area contributed by atoms with Crippen molar-refractivity contribution in [2.75, 3.05) is 6.61 Å². The minimum Gasteiger partial charge on any atom is -0.481 e. The first kappa shape index (κ1) is 21.8. The zero-order chi connectivity index (χ0) is 22.8. The third-order valence-corrected chi connectivity index (χ3v) is 5.75. The first-order chi connectivity index (χ1) is 15.3. The van der Waals surface area contributed by atoms with Crippen LogP contribution in [-0.2, 0) is 11.2 Å². The van der Waals surface area contributed by atoms with Crippen LogP contribution in [0.5, 0.6) is 5.75 Å². The maximum atomic E-state index is 11.1. The van der Waals surface area contributed by atoms with Gasteiger partial charge >= 0.3 is 5.97 Å². The van der Waals surface area contributed by atoms with Crippen LogP contribution in [0.15, 0.2) is 54.9 Å². The molecule has 2 aromatic carbocycles. The van der Waals surface area contributed by atoms with E-state index in [2.05, 4.69) is 31.1 Å². The second kappa shape index (κ2) is 9.01. The normalized spacial score (nSPS) is 11.3. The Morgan fingerprint density at radius 3 is 2.56 bits per heavy atom. The van der Waals surface area contributed by atoms with Crippen molar-refractivity contribution >= 4 is 28.5 Å². The predicted molar refractivity (Wildman–Crippen MR) is 125 cm³/mol. The summed E-state index contributed by atoms with van der Waals surface area (Å²) in [5, 5.41) is 14.6. The largest absolute Gasteiger partial charge is 0.481 e. The topological polar surface area (TPSA) is 77.2 Å². The number of aryl methyl sites for hydroxylation is 1. The Morgan fingerprint density at radius 2 is 1.94 bits per heavy atom. The van der Waals surface area contributed by atoms with Gasteiger partial charge in [-0.05, 0) is 66.3 Å². The molecule has 164 valence electrons. The minimum absolute atomic E-state index is 0.191. The number of pyridine rings is 1. The van der Waals surface area contributed by atoms with Crippen molar-refractivity contribution in [2.45, 2.75) is 33.1 Å². The van der Waals surface area contributed by atoms with Crippen LogP contribution in [0.1, 0.15) is 42.1 Å². The van der Waals surface area contributed by atoms with Crippen molar-refractivity contribution in [1.29, 1.82) is 0 Å². The zero-order valence-corrected chi connectivity index (χ0v) is 18.9. The molecule has 0 saturated carbocycles. The maximum Gasteiger partial charge on any atom is 0.341 e. The van der Waals surface area contributed by atoms with Crippen LogP contribution in [-0.4, -0.2) is 32.4 Å². The second-order valence-corrected chi connectivity index (χ2v) is 8.41. The number of hydrogen-bond acceptors (Lipinski definition) is 4. The maximum absolute atomic E-state index is 11.1. The fourth-order valence-electron chi connectivity index (χ4n) is 3.90. The third-order valence-electron chi connectivity index (χ3n) is 5.44. The molecule has 0 spiro atoms. The highest BCUT2D eigenvalue weighted by Gasteiger charge is 2.20. The van der Waals surface area contributed by atoms with Gasteiger partial charge < -0.3 is 9.84 Å². The lowest BCUT2D eigenvalue weighted by atomic mass is 9.91. The molecule has 6 nitrogen and oxygen atoms in total. The first-order valence-electron chi connectivity index (χ1n) is 10.4. The summed E-state index contributed by atoms with van der Waals surface area (Å²) in [7, 11) is 0. The Kier molecular flexibility index (Phi) is 6.15. The third kappa shape index (κ3) is 4.32. The van der Waals surface area contributed by atoms with Crippen LogP contribution < -0.4 is 4.74 Å². The molecule has 1 N–H and O–H groups in total. The van der Waals surface area contributed by atoms with Gasteiger partial charge in [-0.15, -0.1) is 0 Å². The van der Waals surface area contributed by atoms with E-state index in [0.717, 1.165) is 33.5 Å². The molecule has 0 aliphatic heterocycles. The molecule has 0 aliphatic rings. The lowest BCUT2D eigenvalue weighted by Crippen LogP contribution is -2.11. The first-order valence-corrected chi connectivity index (χ1v) is 10.8. The number of aliphatic carboxylic acids is 1. The molecule has 4 rings (SSSR count). The number of aromatic nitrogens is 3. The number of carbonyl (C=O) groups is 1. The molecule has 0 amide bonds. The summed E-state index contributed by atoms with van der Waals surface area (Å²) in [6.07, 6.45) is 4.35. The molecule has 0 aliphatic carbocycles. The Balaban J connectivity index is 1.80. The van der Waals surface area contributed by atoms with E-state index in [1.54, 1.807) is 18.3 Å². The van der Waals surface area contributed by atoms with Crippen molar-refractivity contribution in [3.8, 4) is 11.4 Å². The van der Waals surface area contributed by atoms with Gasteiger partial charge in [0.05, 0.1) is 16.2 Å². The highest BCUT2D eigenvalue weighted by molar-refractivity contribution is 6.35. The van der Waals surface area contributed by atoms with Gasteiger partial charge in [-0.3, -0.25) is 4.98 Å². The highest BCUT2D eigenvalue weighted by atomic mass is 35.5. The van der Waals surface area contributed by atoms with Crippen molar-refractivity contribution in [3.63, 3.8) is 0 Å². The van der Waals surface area contributed by atoms with E-state index in [1.807, 2.05) is 36.0 Å². The van der Waals surface area contributed by atoms with Crippen molar-refractivity contribution < 1.29 is 14.6 Å². The van der Waals surface area contributed by atoms with E-state index in [4.69, 9.17) is 26.4 Å². The van der Waals surface area contributed by atoms with Crippen LogP contribution in [0, 0.1) is 6.92 Å². The molecule has 2 aromatic heterocycles. The van der Waals surface area contributed by atoms with Crippen LogP contribution in [0.4, 0.5) is 0 Å². The van der Waals surface area contributed by atoms with Gasteiger partial charge in [0, 0.05) is 23.5 Å². The monoisotopic (exact) mass is 449 g/mol. The molecule has 0 unspecified atom stereocenters. The molecule has 0 fully saturated rings. The fraction of sp³-hybridized carbons (Fsp3) is 0.240. The van der Waals surface area contributed by atoms with E-state index in [-0.39, 0.29) is 5.92 Å². The molecular formula is C25H24ClN3O3. The number of nitrogens with zero attached hydrogens (tertiary/aromatic N) is 3. The highest BCUT2D eigenvalue weighted by Crippen LogP contribution is 2.37. The van der Waals surface area contributed by atoms with Crippen molar-refractivity contribution in [1.82, 2.24) is 14.8 Å². The van der Waals surface area contributed by atoms with Gasteiger partial charge in [-0.1, -0.05) is 37.6 Å². The van der Waals surface area contributed by atoms with Crippen molar-refractivity contribution in [2.24, 2.45) is 0 Å². The summed E-state index contributed by atoms with van der Waals surface area (Å²) in [5.41, 5.74) is 5.84. The van der Waals surface area contributed by atoms with E-state index < -0.39 is 12.6 Å². The van der Waals surface area contributed by atoms with Gasteiger partial charge in [-0.2, -0.15) is 5.10 Å². The predicted octanol–water partition coefficient (Wildman–Crippen LogP) is 5.56. The summed E-state index contributed by atoms with van der Waals surface area (Å²) < 4.78 is 7.39. The molecular weight excluding hydrogens is 426 g/mol. The van der Waals surface area contributed by atoms with Crippen LogP contribution >= 0.6 is 11.6 Å². The summed E-state index contributed by atoms with van der Waals surface area (Å²) in [6, 6.07) is 13.6. The lowest BCUT2D eigenvalue weighted by molar-refractivity contribution is -0.139. The summed E-state index contributed by atoms with van der Waals surface area (Å²) in [5.74, 6) is -0.367. The Bertz CT molecular complexity index is 1270. The van der Waals surface area contributed by atoms with Gasteiger partial charge in [-0.25, -0.2) is 9.48 Å². The molecule has 2 heterocycles. The average molecular weight is 450 g/mol. The number of hydrogen-bond donors (Lipinski definition) is 1. The number of carboxylic acids is 1. The minimum atomic E-state index is -1.03. The van der Waals surface area contributed by atoms with E-state index >= 15 is 0 Å². The number of ether oxygens (including phenoxy) is 1. The summed E-state index contributed by atoms with van der Waals surface area (Å²) in [4.78, 5) is 16.0. The molecule has 7 heteroatoms. The Labute approximate surface area is 191 Å². The fourth-order valence-corrected chi connectivity index (χ4v) is 4.10. The van der Waals surface area contributed by atoms with Gasteiger partial charge in [0.25, 0.3) is 0 Å². The number of benzene rings is 2. The van der Waals surface area contributed by atoms with Crippen molar-refractivity contribution in [3.05, 3.63) is 82.3 Å². The van der Waals surface area contributed by atoms with Crippen LogP contribution in [0.3, 0.4) is 0 Å². The smallest absolute Gasteiger partial charge is 0.341 e. The Morgan fingerprint density at radius 1 is 1.19 bits per heavy atom. The molecule has 0 radical (unpaired) electrons. The van der Waals surface area contributed by atoms with E-state index in [1.165, 1.54) is 0 Å². The number of halogens is 1. The molecule has 0 atom stereocenters. The summed E-state index contributed by atoms with van der Waals surface area (Å²) in [6.45, 7) is 5.81. The summed E-state index contributed by atoms with van der Waals surface area (Å²) >= 11 is 6.48. The average Bonchev–Trinajstić information content (AvgIpc) is 3.30. The Hall–Kier alpha value is -3.38. The molecule has 0 bridgehead atoms. The van der Waals surface area contributed by atoms with E-state index in [0.29, 0.717) is 22.7 Å². The zero-order valence-electron chi connectivity index (χ0n) is 18.2. The number of carboxylic acid groups (broad SMARTS) is 1. The molecule has 4 aromatic rings. The number of fused-ring (bicyclic) bond motifs is 1. The van der Waals surface area contributed by atoms with Gasteiger partial charge in [0.1, 0.15) is 5.75 Å². The van der Waals surface area contributed by atoms with Gasteiger partial charge in [0.15, 0.2) is 6.61 Å². The van der Waals surface area contributed by atoms with Crippen LogP contribution in [0.2, 0.25) is 5.02 Å². The molecule has 0 saturated heterocycles. The van der Waals surface area contributed by atoms with Gasteiger partial charge in [0.2, 0.25) is 0 Å². The SMILES string of the molecule is Cc1c(Cc2ccc(-n3cccn3)cc2)c(C(C)C)nc2c(Cl)ccc(OCC(=O)O)c12. The standard InChI is InChI=1S/C25H24ClN3O3/c1-15(2)24-19(13-17-5-7-18(8-6-17)29-12-4-11-27-29)16(3)23-21(32-14-22(30)31)10-9-20(26)25(23)28-24/h4-12,15H,13-14H2,1-3H3,(H,30,31). The lowest BCUT2D eigenvalue weighted by Gasteiger charge is -2.20. The number of rotatable bonds is 7. The second-order valence-electron chi connectivity index (χ2n) is 8.00. The molecule has 32 heavy (non-hydrogen) atoms. The van der Waals surface area contributed by atoms with E-state index in [9.17, 15) is 4.79 Å². The van der Waals surface area contributed by atoms with Crippen LogP contribution in [0.25, 0.3) is 16.6 Å².